The summed E-state index contributed by atoms with van der Waals surface area (Å²) in [5.41, 5.74) is 0.265. The van der Waals surface area contributed by atoms with Crippen LogP contribution in [0, 0.1) is 23.2 Å². The minimum atomic E-state index is -0.744. The Morgan fingerprint density at radius 1 is 1.45 bits per heavy atom. The fourth-order valence-electron chi connectivity index (χ4n) is 3.54. The molecule has 0 spiro atoms. The zero-order valence-corrected chi connectivity index (χ0v) is 14.2. The summed E-state index contributed by atoms with van der Waals surface area (Å²) in [6, 6.07) is 0. The summed E-state index contributed by atoms with van der Waals surface area (Å²) in [6.45, 7) is 15.0. The third-order valence-corrected chi connectivity index (χ3v) is 4.98. The summed E-state index contributed by atoms with van der Waals surface area (Å²) in [4.78, 5) is 12.1. The van der Waals surface area contributed by atoms with E-state index in [2.05, 4.69) is 13.2 Å². The number of hydrogen-bond acceptors (Lipinski definition) is 4. The molecular formula is C18H30O4. The number of allylic oxidation sites excluding steroid dienone is 1. The van der Waals surface area contributed by atoms with Gasteiger partial charge in [0, 0.05) is 5.92 Å². The van der Waals surface area contributed by atoms with Crippen molar-refractivity contribution in [3.8, 4) is 0 Å². The Morgan fingerprint density at radius 3 is 2.50 bits per heavy atom. The van der Waals surface area contributed by atoms with Gasteiger partial charge in [-0.05, 0) is 43.6 Å². The van der Waals surface area contributed by atoms with Gasteiger partial charge in [0.05, 0.1) is 24.7 Å². The van der Waals surface area contributed by atoms with Crippen molar-refractivity contribution in [2.45, 2.75) is 52.7 Å². The summed E-state index contributed by atoms with van der Waals surface area (Å²) in [6.07, 6.45) is 2.42. The van der Waals surface area contributed by atoms with E-state index in [1.54, 1.807) is 6.92 Å². The fraction of sp³-hybridized carbons (Fsp3) is 0.722. The molecule has 0 saturated heterocycles. The smallest absolute Gasteiger partial charge is 0.309 e. The Bertz CT molecular complexity index is 429. The lowest BCUT2D eigenvalue weighted by Gasteiger charge is -2.48. The molecule has 5 atom stereocenters. The Kier molecular flexibility index (Phi) is 6.38. The van der Waals surface area contributed by atoms with Gasteiger partial charge in [-0.2, -0.15) is 0 Å². The molecule has 0 heterocycles. The van der Waals surface area contributed by atoms with Gasteiger partial charge in [-0.25, -0.2) is 0 Å². The number of carbonyl (C=O) groups excluding carboxylic acids is 1. The molecule has 1 aliphatic carbocycles. The highest BCUT2D eigenvalue weighted by Crippen LogP contribution is 2.49. The molecule has 2 N–H and O–H groups in total. The van der Waals surface area contributed by atoms with Gasteiger partial charge >= 0.3 is 5.97 Å². The maximum absolute atomic E-state index is 12.1. The van der Waals surface area contributed by atoms with Crippen molar-refractivity contribution in [2.75, 3.05) is 6.61 Å². The van der Waals surface area contributed by atoms with Gasteiger partial charge in [0.2, 0.25) is 0 Å². The first-order chi connectivity index (χ1) is 10.2. The first-order valence-electron chi connectivity index (χ1n) is 7.98. The van der Waals surface area contributed by atoms with Crippen LogP contribution in [0.1, 0.15) is 40.5 Å². The van der Waals surface area contributed by atoms with E-state index in [1.807, 2.05) is 26.8 Å². The van der Waals surface area contributed by atoms with E-state index >= 15 is 0 Å². The van der Waals surface area contributed by atoms with Crippen molar-refractivity contribution in [3.63, 3.8) is 0 Å². The monoisotopic (exact) mass is 310 g/mol. The number of carbonyl (C=O) groups is 1. The average molecular weight is 310 g/mol. The van der Waals surface area contributed by atoms with Crippen LogP contribution in [-0.4, -0.2) is 35.0 Å². The van der Waals surface area contributed by atoms with E-state index in [4.69, 9.17) is 4.74 Å². The number of aliphatic hydroxyl groups excluding tert-OH is 2. The van der Waals surface area contributed by atoms with Crippen molar-refractivity contribution in [3.05, 3.63) is 24.8 Å². The molecule has 4 nitrogen and oxygen atoms in total. The van der Waals surface area contributed by atoms with Crippen LogP contribution < -0.4 is 0 Å². The van der Waals surface area contributed by atoms with E-state index < -0.39 is 6.10 Å². The fourth-order valence-corrected chi connectivity index (χ4v) is 3.54. The van der Waals surface area contributed by atoms with Crippen LogP contribution in [0.25, 0.3) is 0 Å². The summed E-state index contributed by atoms with van der Waals surface area (Å²) >= 11 is 0. The van der Waals surface area contributed by atoms with Gasteiger partial charge in [-0.3, -0.25) is 4.79 Å². The van der Waals surface area contributed by atoms with Crippen LogP contribution in [0.5, 0.6) is 0 Å². The van der Waals surface area contributed by atoms with Gasteiger partial charge in [-0.15, -0.1) is 6.58 Å². The van der Waals surface area contributed by atoms with Crippen molar-refractivity contribution < 1.29 is 19.7 Å². The normalized spacial score (nSPS) is 33.3. The zero-order chi connectivity index (χ0) is 17.1. The molecule has 0 aromatic rings. The minimum absolute atomic E-state index is 0.169. The number of aliphatic hydroxyl groups is 2. The second-order valence-electron chi connectivity index (χ2n) is 6.97. The predicted molar refractivity (Wildman–Crippen MR) is 87.1 cm³/mol. The van der Waals surface area contributed by atoms with E-state index in [0.717, 1.165) is 6.42 Å². The molecule has 1 saturated carbocycles. The second kappa shape index (κ2) is 7.42. The highest BCUT2D eigenvalue weighted by atomic mass is 16.5. The van der Waals surface area contributed by atoms with Crippen molar-refractivity contribution in [1.82, 2.24) is 0 Å². The van der Waals surface area contributed by atoms with Crippen LogP contribution in [-0.2, 0) is 9.53 Å². The van der Waals surface area contributed by atoms with Gasteiger partial charge in [-0.1, -0.05) is 26.5 Å². The molecule has 0 aromatic carbocycles. The summed E-state index contributed by atoms with van der Waals surface area (Å²) in [5.74, 6) is -1.18. The topological polar surface area (TPSA) is 66.8 Å². The molecule has 4 heteroatoms. The van der Waals surface area contributed by atoms with Crippen LogP contribution >= 0.6 is 0 Å². The highest BCUT2D eigenvalue weighted by Gasteiger charge is 2.48. The molecule has 126 valence electrons. The summed E-state index contributed by atoms with van der Waals surface area (Å²) in [7, 11) is 0. The van der Waals surface area contributed by atoms with Crippen LogP contribution in [0.3, 0.4) is 0 Å². The Labute approximate surface area is 133 Å². The molecule has 0 unspecified atom stereocenters. The molecule has 1 fully saturated rings. The van der Waals surface area contributed by atoms with Crippen LogP contribution in [0.2, 0.25) is 0 Å². The molecule has 22 heavy (non-hydrogen) atoms. The Balaban J connectivity index is 2.99. The van der Waals surface area contributed by atoms with Crippen molar-refractivity contribution in [2.24, 2.45) is 23.2 Å². The SMILES string of the molecule is C=C[C@]1(C)CC[C@@H]([C@H](C)C(=O)OC(C)C)[C@H](O)[C@H]1C(=C)CO. The van der Waals surface area contributed by atoms with Gasteiger partial charge in [0.1, 0.15) is 0 Å². The highest BCUT2D eigenvalue weighted by molar-refractivity contribution is 5.72. The Hall–Kier alpha value is -1.13. The molecule has 1 aliphatic rings. The van der Waals surface area contributed by atoms with Crippen molar-refractivity contribution >= 4 is 5.97 Å². The Morgan fingerprint density at radius 2 is 2.05 bits per heavy atom. The molecule has 0 aliphatic heterocycles. The van der Waals surface area contributed by atoms with Crippen LogP contribution in [0.4, 0.5) is 0 Å². The van der Waals surface area contributed by atoms with E-state index in [0.29, 0.717) is 12.0 Å². The number of hydrogen-bond donors (Lipinski definition) is 2. The van der Waals surface area contributed by atoms with E-state index in [-0.39, 0.29) is 41.8 Å². The molecule has 0 amide bonds. The molecule has 0 radical (unpaired) electrons. The predicted octanol–water partition coefficient (Wildman–Crippen LogP) is 2.70. The molecular weight excluding hydrogens is 280 g/mol. The molecule has 0 aromatic heterocycles. The standard InChI is InChI=1S/C18H30O4/c1-7-18(6)9-8-14(13(5)17(21)22-11(2)3)16(20)15(18)12(4)10-19/h7,11,13-16,19-20H,1,4,8-10H2,2-3,5-6H3/t13-,14-,15+,16-,18+/m0/s1. The van der Waals surface area contributed by atoms with Crippen LogP contribution in [0.15, 0.2) is 24.8 Å². The third kappa shape index (κ3) is 3.79. The lowest BCUT2D eigenvalue weighted by atomic mass is 9.58. The number of rotatable bonds is 6. The minimum Gasteiger partial charge on any atom is -0.463 e. The number of ether oxygens (including phenoxy) is 1. The first-order valence-corrected chi connectivity index (χ1v) is 7.98. The molecule has 1 rings (SSSR count). The lowest BCUT2D eigenvalue weighted by molar-refractivity contribution is -0.158. The summed E-state index contributed by atoms with van der Waals surface area (Å²) < 4.78 is 5.27. The third-order valence-electron chi connectivity index (χ3n) is 4.98. The van der Waals surface area contributed by atoms with Gasteiger partial charge in [0.15, 0.2) is 0 Å². The largest absolute Gasteiger partial charge is 0.463 e. The summed E-state index contributed by atoms with van der Waals surface area (Å²) in [5, 5.41) is 20.3. The molecule has 0 bridgehead atoms. The quantitative estimate of drug-likeness (QED) is 0.585. The maximum Gasteiger partial charge on any atom is 0.309 e. The first kappa shape index (κ1) is 18.9. The van der Waals surface area contributed by atoms with Gasteiger partial charge < -0.3 is 14.9 Å². The van der Waals surface area contributed by atoms with E-state index in [1.165, 1.54) is 0 Å². The lowest BCUT2D eigenvalue weighted by Crippen LogP contribution is -2.48. The maximum atomic E-state index is 12.1. The van der Waals surface area contributed by atoms with Crippen molar-refractivity contribution in [1.29, 1.82) is 0 Å². The van der Waals surface area contributed by atoms with Gasteiger partial charge in [0.25, 0.3) is 0 Å². The average Bonchev–Trinajstić information content (AvgIpc) is 2.45. The zero-order valence-electron chi connectivity index (χ0n) is 14.2. The number of esters is 1. The second-order valence-corrected chi connectivity index (χ2v) is 6.97. The van der Waals surface area contributed by atoms with E-state index in [9.17, 15) is 15.0 Å².